The number of imide groups is 1. The molecule has 134 valence electrons. The van der Waals surface area contributed by atoms with Crippen LogP contribution in [0.15, 0.2) is 30.3 Å². The molecule has 1 saturated heterocycles. The maximum atomic E-state index is 12.0. The summed E-state index contributed by atoms with van der Waals surface area (Å²) in [5.41, 5.74) is 0.812. The van der Waals surface area contributed by atoms with Gasteiger partial charge < -0.3 is 15.3 Å². The average molecular weight is 347 g/mol. The van der Waals surface area contributed by atoms with E-state index >= 15 is 0 Å². The third-order valence-corrected chi connectivity index (χ3v) is 3.93. The highest BCUT2D eigenvalue weighted by Gasteiger charge is 2.33. The van der Waals surface area contributed by atoms with Gasteiger partial charge in [-0.2, -0.15) is 0 Å². The number of hydrogen-bond donors (Lipinski definition) is 2. The Labute approximate surface area is 145 Å². The summed E-state index contributed by atoms with van der Waals surface area (Å²) in [7, 11) is 1.54. The first kappa shape index (κ1) is 18.4. The van der Waals surface area contributed by atoms with Crippen LogP contribution in [0.4, 0.5) is 4.79 Å². The van der Waals surface area contributed by atoms with E-state index in [-0.39, 0.29) is 44.3 Å². The zero-order valence-electron chi connectivity index (χ0n) is 14.0. The van der Waals surface area contributed by atoms with E-state index in [4.69, 9.17) is 0 Å². The molecule has 0 radical (unpaired) electrons. The molecule has 4 amide bonds. The predicted octanol–water partition coefficient (Wildman–Crippen LogP) is 0.473. The lowest BCUT2D eigenvalue weighted by molar-refractivity contribution is -0.141. The first-order valence-electron chi connectivity index (χ1n) is 8.00. The van der Waals surface area contributed by atoms with Crippen LogP contribution in [-0.2, 0) is 20.8 Å². The largest absolute Gasteiger partial charge is 0.480 e. The maximum absolute atomic E-state index is 12.0. The number of hydrogen-bond acceptors (Lipinski definition) is 4. The molecule has 25 heavy (non-hydrogen) atoms. The molecule has 1 heterocycles. The van der Waals surface area contributed by atoms with Crippen molar-refractivity contribution in [2.45, 2.75) is 25.3 Å². The molecule has 1 aliphatic heterocycles. The fraction of sp³-hybridized carbons (Fsp3) is 0.412. The van der Waals surface area contributed by atoms with Gasteiger partial charge in [-0.05, 0) is 12.0 Å². The number of likely N-dealkylation sites (N-methyl/N-ethyl adjacent to an activating group) is 1. The molecule has 8 nitrogen and oxygen atoms in total. The molecule has 1 aromatic carbocycles. The van der Waals surface area contributed by atoms with Gasteiger partial charge in [0.2, 0.25) is 11.8 Å². The van der Waals surface area contributed by atoms with Crippen LogP contribution in [0.5, 0.6) is 0 Å². The fourth-order valence-corrected chi connectivity index (χ4v) is 2.60. The molecule has 2 rings (SSSR count). The van der Waals surface area contributed by atoms with Gasteiger partial charge in [-0.3, -0.25) is 14.5 Å². The van der Waals surface area contributed by atoms with Crippen LogP contribution in [-0.4, -0.2) is 64.9 Å². The number of aliphatic carboxylic acids is 1. The topological polar surface area (TPSA) is 107 Å². The quantitative estimate of drug-likeness (QED) is 0.665. The van der Waals surface area contributed by atoms with Gasteiger partial charge in [0.1, 0.15) is 12.6 Å². The highest BCUT2D eigenvalue weighted by atomic mass is 16.4. The lowest BCUT2D eigenvalue weighted by atomic mass is 10.1. The first-order chi connectivity index (χ1) is 11.9. The summed E-state index contributed by atoms with van der Waals surface area (Å²) in [5, 5.41) is 11.7. The minimum atomic E-state index is -1.11. The molecule has 0 aromatic heterocycles. The van der Waals surface area contributed by atoms with E-state index < -0.39 is 17.9 Å². The van der Waals surface area contributed by atoms with E-state index in [2.05, 4.69) is 5.32 Å². The summed E-state index contributed by atoms with van der Waals surface area (Å²) in [6, 6.07) is 7.63. The highest BCUT2D eigenvalue weighted by molar-refractivity contribution is 6.01. The average Bonchev–Trinajstić information content (AvgIpc) is 2.81. The SMILES string of the molecule is CN1CC(=O)N(CCCC(=O)N[C@H](Cc2ccccc2)C(=O)O)C1=O. The van der Waals surface area contributed by atoms with E-state index in [0.29, 0.717) is 0 Å². The van der Waals surface area contributed by atoms with E-state index in [1.165, 1.54) is 11.9 Å². The van der Waals surface area contributed by atoms with Crippen molar-refractivity contribution >= 4 is 23.8 Å². The second-order valence-electron chi connectivity index (χ2n) is 5.94. The number of nitrogens with one attached hydrogen (secondary N) is 1. The summed E-state index contributed by atoms with van der Waals surface area (Å²) < 4.78 is 0. The van der Waals surface area contributed by atoms with Crippen molar-refractivity contribution in [3.63, 3.8) is 0 Å². The Hall–Kier alpha value is -2.90. The van der Waals surface area contributed by atoms with Gasteiger partial charge in [-0.15, -0.1) is 0 Å². The summed E-state index contributed by atoms with van der Waals surface area (Å²) in [5.74, 6) is -1.82. The van der Waals surface area contributed by atoms with E-state index in [0.717, 1.165) is 10.5 Å². The molecular weight excluding hydrogens is 326 g/mol. The molecule has 1 aliphatic rings. The number of nitrogens with zero attached hydrogens (tertiary/aromatic N) is 2. The fourth-order valence-electron chi connectivity index (χ4n) is 2.60. The third kappa shape index (κ3) is 5.03. The van der Waals surface area contributed by atoms with Gasteiger partial charge in [0.25, 0.3) is 0 Å². The number of rotatable bonds is 8. The Morgan fingerprint density at radius 2 is 1.92 bits per heavy atom. The number of carbonyl (C=O) groups excluding carboxylic acids is 3. The molecule has 0 saturated carbocycles. The van der Waals surface area contributed by atoms with Crippen LogP contribution in [0.3, 0.4) is 0 Å². The zero-order valence-corrected chi connectivity index (χ0v) is 14.0. The number of benzene rings is 1. The van der Waals surface area contributed by atoms with Gasteiger partial charge in [0, 0.05) is 26.4 Å². The van der Waals surface area contributed by atoms with Crippen molar-refractivity contribution in [1.82, 2.24) is 15.1 Å². The molecule has 8 heteroatoms. The Kier molecular flexibility index (Phi) is 6.10. The monoisotopic (exact) mass is 347 g/mol. The van der Waals surface area contributed by atoms with Crippen LogP contribution in [0, 0.1) is 0 Å². The number of carboxylic acids is 1. The van der Waals surface area contributed by atoms with Gasteiger partial charge in [0.15, 0.2) is 0 Å². The van der Waals surface area contributed by atoms with Crippen LogP contribution in [0.2, 0.25) is 0 Å². The van der Waals surface area contributed by atoms with E-state index in [9.17, 15) is 24.3 Å². The second kappa shape index (κ2) is 8.27. The molecule has 0 spiro atoms. The van der Waals surface area contributed by atoms with E-state index in [1.807, 2.05) is 6.07 Å². The second-order valence-corrected chi connectivity index (χ2v) is 5.94. The number of carboxylic acid groups (broad SMARTS) is 1. The molecule has 1 fully saturated rings. The predicted molar refractivity (Wildman–Crippen MR) is 88.7 cm³/mol. The van der Waals surface area contributed by atoms with Gasteiger partial charge in [-0.1, -0.05) is 30.3 Å². The smallest absolute Gasteiger partial charge is 0.326 e. The van der Waals surface area contributed by atoms with Crippen molar-refractivity contribution in [3.8, 4) is 0 Å². The Morgan fingerprint density at radius 1 is 1.24 bits per heavy atom. The lowest BCUT2D eigenvalue weighted by Crippen LogP contribution is -2.42. The highest BCUT2D eigenvalue weighted by Crippen LogP contribution is 2.09. The Bertz CT molecular complexity index is 662. The minimum absolute atomic E-state index is 0.0410. The number of carbonyl (C=O) groups is 4. The third-order valence-electron chi connectivity index (χ3n) is 3.93. The van der Waals surface area contributed by atoms with Gasteiger partial charge in [0.05, 0.1) is 0 Å². The summed E-state index contributed by atoms with van der Waals surface area (Å²) >= 11 is 0. The first-order valence-corrected chi connectivity index (χ1v) is 8.00. The summed E-state index contributed by atoms with van der Waals surface area (Å²) in [4.78, 5) is 49.1. The molecule has 0 bridgehead atoms. The molecular formula is C17H21N3O5. The van der Waals surface area contributed by atoms with E-state index in [1.54, 1.807) is 24.3 Å². The zero-order chi connectivity index (χ0) is 18.4. The number of amides is 4. The van der Waals surface area contributed by atoms with Crippen molar-refractivity contribution in [3.05, 3.63) is 35.9 Å². The van der Waals surface area contributed by atoms with Crippen molar-refractivity contribution in [1.29, 1.82) is 0 Å². The van der Waals surface area contributed by atoms with Crippen molar-refractivity contribution < 1.29 is 24.3 Å². The summed E-state index contributed by atoms with van der Waals surface area (Å²) in [6.07, 6.45) is 0.518. The van der Waals surface area contributed by atoms with Crippen molar-refractivity contribution in [2.24, 2.45) is 0 Å². The summed E-state index contributed by atoms with van der Waals surface area (Å²) in [6.45, 7) is 0.190. The van der Waals surface area contributed by atoms with Gasteiger partial charge >= 0.3 is 12.0 Å². The molecule has 1 atom stereocenters. The normalized spacial score (nSPS) is 15.4. The lowest BCUT2D eigenvalue weighted by Gasteiger charge is -2.16. The Morgan fingerprint density at radius 3 is 2.48 bits per heavy atom. The molecule has 0 unspecified atom stereocenters. The molecule has 0 aliphatic carbocycles. The van der Waals surface area contributed by atoms with Crippen LogP contribution in [0.1, 0.15) is 18.4 Å². The Balaban J connectivity index is 1.80. The molecule has 2 N–H and O–H groups in total. The van der Waals surface area contributed by atoms with Crippen LogP contribution in [0.25, 0.3) is 0 Å². The minimum Gasteiger partial charge on any atom is -0.480 e. The number of urea groups is 1. The maximum Gasteiger partial charge on any atom is 0.326 e. The molecule has 1 aromatic rings. The van der Waals surface area contributed by atoms with Crippen LogP contribution < -0.4 is 5.32 Å². The van der Waals surface area contributed by atoms with Crippen molar-refractivity contribution in [2.75, 3.05) is 20.1 Å². The standard InChI is InChI=1S/C17H21N3O5/c1-19-11-15(22)20(17(19)25)9-5-8-14(21)18-13(16(23)24)10-12-6-3-2-4-7-12/h2-4,6-7,13H,5,8-11H2,1H3,(H,18,21)(H,23,24)/t13-/m1/s1. The van der Waals surface area contributed by atoms with Gasteiger partial charge in [-0.25, -0.2) is 9.59 Å². The van der Waals surface area contributed by atoms with Crippen LogP contribution >= 0.6 is 0 Å².